The SMILES string of the molecule is COc1cc2nccc(Oc3cnc(NC(=O)c4nn(C5CCOCC5)cc(-c5ccc(F)cc5)c4=O)nc3)c2cc1OC. The van der Waals surface area contributed by atoms with Crippen molar-refractivity contribution in [1.82, 2.24) is 24.7 Å². The van der Waals surface area contributed by atoms with E-state index in [9.17, 15) is 14.0 Å². The fourth-order valence-corrected chi connectivity index (χ4v) is 4.89. The second-order valence-electron chi connectivity index (χ2n) is 9.88. The summed E-state index contributed by atoms with van der Waals surface area (Å²) in [6.07, 6.45) is 7.30. The molecule has 0 radical (unpaired) electrons. The monoisotopic (exact) mass is 598 g/mol. The van der Waals surface area contributed by atoms with E-state index in [1.807, 2.05) is 0 Å². The van der Waals surface area contributed by atoms with Crippen molar-refractivity contribution in [2.24, 2.45) is 0 Å². The Morgan fingerprint density at radius 1 is 0.977 bits per heavy atom. The molecule has 1 fully saturated rings. The molecule has 1 aliphatic heterocycles. The van der Waals surface area contributed by atoms with Crippen LogP contribution in [0.15, 0.2) is 72.0 Å². The summed E-state index contributed by atoms with van der Waals surface area (Å²) in [5.74, 6) is 0.543. The molecule has 4 heterocycles. The maximum Gasteiger partial charge on any atom is 0.282 e. The number of aromatic nitrogens is 5. The third-order valence-corrected chi connectivity index (χ3v) is 7.16. The number of methoxy groups -OCH3 is 2. The third-order valence-electron chi connectivity index (χ3n) is 7.16. The molecule has 2 aromatic carbocycles. The zero-order chi connectivity index (χ0) is 30.6. The highest BCUT2D eigenvalue weighted by Gasteiger charge is 2.23. The fourth-order valence-electron chi connectivity index (χ4n) is 4.89. The molecule has 5 aromatic rings. The average molecular weight is 599 g/mol. The summed E-state index contributed by atoms with van der Waals surface area (Å²) in [6, 6.07) is 10.6. The van der Waals surface area contributed by atoms with Crippen molar-refractivity contribution in [3.8, 4) is 34.1 Å². The largest absolute Gasteiger partial charge is 0.493 e. The van der Waals surface area contributed by atoms with Crippen molar-refractivity contribution in [3.05, 3.63) is 89.0 Å². The van der Waals surface area contributed by atoms with Crippen LogP contribution in [-0.4, -0.2) is 58.1 Å². The van der Waals surface area contributed by atoms with Crippen LogP contribution in [0.3, 0.4) is 0 Å². The number of rotatable bonds is 8. The van der Waals surface area contributed by atoms with Crippen LogP contribution in [-0.2, 0) is 4.74 Å². The maximum absolute atomic E-state index is 13.6. The molecule has 6 rings (SSSR count). The molecule has 0 unspecified atom stereocenters. The van der Waals surface area contributed by atoms with Crippen LogP contribution < -0.4 is 25.0 Å². The number of nitrogens with one attached hydrogen (secondary N) is 1. The number of carbonyl (C=O) groups excluding carboxylic acids is 1. The number of anilines is 1. The van der Waals surface area contributed by atoms with Crippen LogP contribution in [0, 0.1) is 5.82 Å². The Labute approximate surface area is 250 Å². The predicted molar refractivity (Wildman–Crippen MR) is 158 cm³/mol. The van der Waals surface area contributed by atoms with E-state index in [1.54, 1.807) is 42.4 Å². The van der Waals surface area contributed by atoms with Crippen molar-refractivity contribution in [2.45, 2.75) is 18.9 Å². The first kappa shape index (κ1) is 28.7. The number of carbonyl (C=O) groups is 1. The van der Waals surface area contributed by atoms with Crippen molar-refractivity contribution < 1.29 is 28.1 Å². The molecule has 1 amide bonds. The van der Waals surface area contributed by atoms with Gasteiger partial charge in [-0.05, 0) is 42.7 Å². The zero-order valence-electron chi connectivity index (χ0n) is 23.8. The van der Waals surface area contributed by atoms with Gasteiger partial charge in [0.2, 0.25) is 11.4 Å². The molecule has 0 aliphatic carbocycles. The Morgan fingerprint density at radius 3 is 2.39 bits per heavy atom. The molecule has 1 N–H and O–H groups in total. The van der Waals surface area contributed by atoms with Crippen LogP contribution in [0.2, 0.25) is 0 Å². The molecule has 44 heavy (non-hydrogen) atoms. The number of ether oxygens (including phenoxy) is 4. The molecule has 12 nitrogen and oxygen atoms in total. The van der Waals surface area contributed by atoms with Gasteiger partial charge in [-0.3, -0.25) is 24.6 Å². The van der Waals surface area contributed by atoms with Gasteiger partial charge in [0, 0.05) is 42.6 Å². The van der Waals surface area contributed by atoms with Gasteiger partial charge in [-0.15, -0.1) is 0 Å². The smallest absolute Gasteiger partial charge is 0.282 e. The summed E-state index contributed by atoms with van der Waals surface area (Å²) in [5, 5.41) is 7.61. The Hall–Kier alpha value is -5.43. The molecular weight excluding hydrogens is 571 g/mol. The quantitative estimate of drug-likeness (QED) is 0.265. The summed E-state index contributed by atoms with van der Waals surface area (Å²) >= 11 is 0. The van der Waals surface area contributed by atoms with Gasteiger partial charge in [0.25, 0.3) is 5.91 Å². The van der Waals surface area contributed by atoms with E-state index in [0.717, 1.165) is 0 Å². The summed E-state index contributed by atoms with van der Waals surface area (Å²) in [4.78, 5) is 39.5. The Morgan fingerprint density at radius 2 is 1.68 bits per heavy atom. The molecular formula is C31H27FN6O6. The molecule has 3 aromatic heterocycles. The minimum absolute atomic E-state index is 0.0562. The average Bonchev–Trinajstić information content (AvgIpc) is 3.06. The van der Waals surface area contributed by atoms with E-state index < -0.39 is 17.2 Å². The number of benzene rings is 2. The maximum atomic E-state index is 13.6. The molecule has 0 spiro atoms. The Balaban J connectivity index is 1.26. The number of pyridine rings is 1. The normalized spacial score (nSPS) is 13.4. The van der Waals surface area contributed by atoms with Gasteiger partial charge < -0.3 is 18.9 Å². The van der Waals surface area contributed by atoms with Crippen LogP contribution in [0.25, 0.3) is 22.0 Å². The molecule has 0 atom stereocenters. The number of fused-ring (bicyclic) bond motifs is 1. The summed E-state index contributed by atoms with van der Waals surface area (Å²) < 4.78 is 37.4. The van der Waals surface area contributed by atoms with E-state index in [0.29, 0.717) is 65.5 Å². The van der Waals surface area contributed by atoms with Gasteiger partial charge >= 0.3 is 0 Å². The Bertz CT molecular complexity index is 1880. The van der Waals surface area contributed by atoms with Crippen LogP contribution >= 0.6 is 0 Å². The first-order valence-electron chi connectivity index (χ1n) is 13.7. The van der Waals surface area contributed by atoms with E-state index in [1.165, 1.54) is 43.8 Å². The van der Waals surface area contributed by atoms with Crippen molar-refractivity contribution in [3.63, 3.8) is 0 Å². The van der Waals surface area contributed by atoms with Crippen LogP contribution in [0.1, 0.15) is 29.4 Å². The topological polar surface area (TPSA) is 140 Å². The van der Waals surface area contributed by atoms with Gasteiger partial charge in [-0.1, -0.05) is 12.1 Å². The first-order valence-corrected chi connectivity index (χ1v) is 13.7. The minimum atomic E-state index is -0.783. The van der Waals surface area contributed by atoms with Gasteiger partial charge in [0.1, 0.15) is 11.6 Å². The molecule has 0 saturated carbocycles. The molecule has 1 saturated heterocycles. The highest BCUT2D eigenvalue weighted by atomic mass is 19.1. The number of nitrogens with zero attached hydrogens (tertiary/aromatic N) is 5. The molecule has 0 bridgehead atoms. The van der Waals surface area contributed by atoms with E-state index >= 15 is 0 Å². The highest BCUT2D eigenvalue weighted by molar-refractivity contribution is 6.02. The third kappa shape index (κ3) is 5.90. The predicted octanol–water partition coefficient (Wildman–Crippen LogP) is 4.80. The molecule has 224 valence electrons. The van der Waals surface area contributed by atoms with Crippen LogP contribution in [0.4, 0.5) is 10.3 Å². The van der Waals surface area contributed by atoms with E-state index in [2.05, 4.69) is 25.4 Å². The summed E-state index contributed by atoms with van der Waals surface area (Å²) in [6.45, 7) is 1.07. The van der Waals surface area contributed by atoms with Crippen molar-refractivity contribution in [1.29, 1.82) is 0 Å². The van der Waals surface area contributed by atoms with Gasteiger partial charge in [-0.25, -0.2) is 14.4 Å². The second-order valence-corrected chi connectivity index (χ2v) is 9.88. The minimum Gasteiger partial charge on any atom is -0.493 e. The lowest BCUT2D eigenvalue weighted by atomic mass is 10.1. The molecule has 13 heteroatoms. The van der Waals surface area contributed by atoms with Gasteiger partial charge in [0.05, 0.1) is 38.2 Å². The number of hydrogen-bond donors (Lipinski definition) is 1. The first-order chi connectivity index (χ1) is 21.4. The number of amides is 1. The highest BCUT2D eigenvalue weighted by Crippen LogP contribution is 2.36. The Kier molecular flexibility index (Phi) is 8.10. The van der Waals surface area contributed by atoms with E-state index in [4.69, 9.17) is 18.9 Å². The summed E-state index contributed by atoms with van der Waals surface area (Å²) in [7, 11) is 3.08. The lowest BCUT2D eigenvalue weighted by Crippen LogP contribution is -2.31. The van der Waals surface area contributed by atoms with Gasteiger partial charge in [0.15, 0.2) is 22.9 Å². The fraction of sp³-hybridized carbons (Fsp3) is 0.226. The van der Waals surface area contributed by atoms with E-state index in [-0.39, 0.29) is 23.2 Å². The van der Waals surface area contributed by atoms with Gasteiger partial charge in [-0.2, -0.15) is 5.10 Å². The van der Waals surface area contributed by atoms with Crippen molar-refractivity contribution >= 4 is 22.8 Å². The van der Waals surface area contributed by atoms with Crippen LogP contribution in [0.5, 0.6) is 23.0 Å². The lowest BCUT2D eigenvalue weighted by Gasteiger charge is -2.24. The molecule has 1 aliphatic rings. The van der Waals surface area contributed by atoms with Crippen molar-refractivity contribution in [2.75, 3.05) is 32.8 Å². The standard InChI is InChI=1S/C31H27FN6O6/c1-41-26-13-22-24(14-27(26)42-2)33-10-7-25(22)44-21-15-34-31(35-16-21)36-30(40)28-29(39)23(18-3-5-19(32)6-4-18)17-38(37-28)20-8-11-43-12-9-20/h3-7,10,13-17,20H,8-9,11-12H2,1-2H3,(H,34,35,36,40). The lowest BCUT2D eigenvalue weighted by molar-refractivity contribution is 0.0655. The second kappa shape index (κ2) is 12.4. The zero-order valence-corrected chi connectivity index (χ0v) is 23.8. The summed E-state index contributed by atoms with van der Waals surface area (Å²) in [5.41, 5.74) is 0.377. The number of hydrogen-bond acceptors (Lipinski definition) is 10. The number of halogens is 1.